The van der Waals surface area contributed by atoms with Crippen LogP contribution >= 0.6 is 54.5 Å². The molecule has 0 aliphatic carbocycles. The minimum absolute atomic E-state index is 0.305. The van der Waals surface area contributed by atoms with Gasteiger partial charge in [0.05, 0.1) is 36.5 Å². The lowest BCUT2D eigenvalue weighted by atomic mass is 9.74. The predicted molar refractivity (Wildman–Crippen MR) is 331 cm³/mol. The van der Waals surface area contributed by atoms with Crippen LogP contribution in [0.25, 0.3) is 97.3 Å². The van der Waals surface area contributed by atoms with Gasteiger partial charge in [0.1, 0.15) is 0 Å². The molecule has 0 spiro atoms. The Balaban J connectivity index is 0.000000134. The Morgan fingerprint density at radius 1 is 0.408 bits per heavy atom. The van der Waals surface area contributed by atoms with Crippen LogP contribution in [0.2, 0.25) is 0 Å². The van der Waals surface area contributed by atoms with Gasteiger partial charge in [-0.2, -0.15) is 0 Å². The molecule has 13 rings (SSSR count). The van der Waals surface area contributed by atoms with E-state index in [2.05, 4.69) is 245 Å². The molecule has 0 N–H and O–H groups in total. The van der Waals surface area contributed by atoms with Crippen molar-refractivity contribution in [3.05, 3.63) is 218 Å². The van der Waals surface area contributed by atoms with Crippen molar-refractivity contribution in [3.63, 3.8) is 0 Å². The number of carbonyl (C=O) groups excluding carboxylic acids is 2. The molecule has 0 unspecified atom stereocenters. The van der Waals surface area contributed by atoms with Crippen LogP contribution in [0.4, 0.5) is 0 Å². The van der Waals surface area contributed by atoms with Gasteiger partial charge in [0.25, 0.3) is 0 Å². The van der Waals surface area contributed by atoms with Crippen molar-refractivity contribution in [2.24, 2.45) is 0 Å². The smallest absolute Gasteiger partial charge is 0.465 e. The van der Waals surface area contributed by atoms with Crippen molar-refractivity contribution in [2.75, 3.05) is 14.2 Å². The van der Waals surface area contributed by atoms with Crippen molar-refractivity contribution in [1.29, 1.82) is 0 Å². The molecule has 0 amide bonds. The lowest BCUT2D eigenvalue weighted by Gasteiger charge is -2.32. The van der Waals surface area contributed by atoms with E-state index in [0.717, 1.165) is 34.5 Å². The first-order chi connectivity index (χ1) is 36.7. The summed E-state index contributed by atoms with van der Waals surface area (Å²) in [4.78, 5) is 23.8. The second kappa shape index (κ2) is 20.7. The van der Waals surface area contributed by atoms with Gasteiger partial charge in [-0.15, -0.1) is 0 Å². The molecule has 1 aliphatic rings. The molecule has 1 fully saturated rings. The summed E-state index contributed by atoms with van der Waals surface area (Å²) in [6.07, 6.45) is 0. The molecule has 374 valence electrons. The van der Waals surface area contributed by atoms with Crippen LogP contribution in [0.3, 0.4) is 0 Å². The second-order valence-corrected chi connectivity index (χ2v) is 22.9. The molecule has 0 bridgehead atoms. The van der Waals surface area contributed by atoms with Gasteiger partial charge in [0, 0.05) is 12.5 Å². The van der Waals surface area contributed by atoms with Crippen LogP contribution in [0.1, 0.15) is 48.4 Å². The Kier molecular flexibility index (Phi) is 14.0. The number of rotatable bonds is 4. The quantitative estimate of drug-likeness (QED) is 0.0757. The number of esters is 2. The summed E-state index contributed by atoms with van der Waals surface area (Å²) in [5.41, 5.74) is 3.36. The summed E-state index contributed by atoms with van der Waals surface area (Å²) in [5.74, 6) is -0.653. The third-order valence-corrected chi connectivity index (χ3v) is 17.0. The van der Waals surface area contributed by atoms with E-state index in [9.17, 15) is 9.59 Å². The Labute approximate surface area is 471 Å². The average Bonchev–Trinajstić information content (AvgIpc) is 3.78. The molecule has 0 radical (unpaired) electrons. The number of benzene rings is 12. The van der Waals surface area contributed by atoms with Crippen LogP contribution in [0.15, 0.2) is 203 Å². The maximum absolute atomic E-state index is 12.7. The first kappa shape index (κ1) is 51.4. The van der Waals surface area contributed by atoms with E-state index in [-0.39, 0.29) is 23.1 Å². The van der Waals surface area contributed by atoms with E-state index in [1.165, 1.54) is 95.0 Å². The van der Waals surface area contributed by atoms with E-state index in [4.69, 9.17) is 14.0 Å². The molecule has 12 aromatic rings. The highest BCUT2D eigenvalue weighted by Crippen LogP contribution is 2.45. The van der Waals surface area contributed by atoms with Crippen molar-refractivity contribution in [1.82, 2.24) is 0 Å². The summed E-state index contributed by atoms with van der Waals surface area (Å²) in [5, 5.41) is 19.7. The molecule has 0 atom stereocenters. The number of carbonyl (C=O) groups is 2. The third-order valence-electron chi connectivity index (χ3n) is 15.0. The zero-order valence-electron chi connectivity index (χ0n) is 42.6. The van der Waals surface area contributed by atoms with E-state index in [1.807, 2.05) is 30.3 Å². The molecule has 1 aliphatic heterocycles. The van der Waals surface area contributed by atoms with E-state index < -0.39 is 7.12 Å². The number of methoxy groups -OCH3 is 2. The fourth-order valence-electron chi connectivity index (χ4n) is 10.7. The highest BCUT2D eigenvalue weighted by Gasteiger charge is 2.52. The monoisotopic (exact) mass is 1230 g/mol. The van der Waals surface area contributed by atoms with Crippen LogP contribution in [0.5, 0.6) is 0 Å². The van der Waals surface area contributed by atoms with Crippen LogP contribution in [-0.2, 0) is 18.8 Å². The highest BCUT2D eigenvalue weighted by atomic mass is 127. The van der Waals surface area contributed by atoms with E-state index in [0.29, 0.717) is 11.1 Å². The molecule has 1 heterocycles. The number of fused-ring (bicyclic) bond motifs is 16. The van der Waals surface area contributed by atoms with Crippen LogP contribution in [-0.4, -0.2) is 44.5 Å². The molecular formula is C66H50BBr2IO6. The largest absolute Gasteiger partial charge is 0.495 e. The van der Waals surface area contributed by atoms with Gasteiger partial charge in [-0.3, -0.25) is 0 Å². The minimum Gasteiger partial charge on any atom is -0.465 e. The SMILES string of the molecule is CC1(C)OB(c2cc3c4ccccc4c4ccccc4c3c3ccccc23)OC1(C)C.COC(=O)c1cc(Br)ccc1-c1cc2c3ccccc3c3ccccc3c2c2ccccc12.COC(=O)c1cc(Br)ccc1I. The van der Waals surface area contributed by atoms with Crippen molar-refractivity contribution < 1.29 is 28.4 Å². The van der Waals surface area contributed by atoms with E-state index in [1.54, 1.807) is 6.07 Å². The Morgan fingerprint density at radius 2 is 0.750 bits per heavy atom. The fourth-order valence-corrected chi connectivity index (χ4v) is 12.0. The van der Waals surface area contributed by atoms with Crippen molar-refractivity contribution in [3.8, 4) is 11.1 Å². The molecule has 0 aromatic heterocycles. The number of hydrogen-bond donors (Lipinski definition) is 0. The first-order valence-electron chi connectivity index (χ1n) is 25.0. The Morgan fingerprint density at radius 3 is 1.22 bits per heavy atom. The average molecular weight is 1240 g/mol. The first-order valence-corrected chi connectivity index (χ1v) is 27.6. The normalized spacial score (nSPS) is 13.8. The summed E-state index contributed by atoms with van der Waals surface area (Å²) < 4.78 is 25.3. The summed E-state index contributed by atoms with van der Waals surface area (Å²) >= 11 is 8.88. The summed E-state index contributed by atoms with van der Waals surface area (Å²) in [6.45, 7) is 8.44. The zero-order chi connectivity index (χ0) is 53.0. The van der Waals surface area contributed by atoms with Gasteiger partial charge in [0.2, 0.25) is 0 Å². The molecule has 6 nitrogen and oxygen atoms in total. The van der Waals surface area contributed by atoms with Crippen molar-refractivity contribution >= 4 is 165 Å². The standard InChI is InChI=1S/C30H19BrO2.C28H25BO2.C8H6BrIO2/c1-33-30(32)28-16-18(31)14-15-23(28)26-17-27-21-10-3-2-8-19(21)20-9-4-6-12-24(20)29(27)25-13-7-5-11-22(25)26;1-27(2)28(3,4)31-29(30-27)25-17-24-20-13-6-5-11-18(20)19-12-7-9-15-22(19)26(24)23-16-10-8-14-21(23)25;1-12-8(11)6-4-5(9)2-3-7(6)10/h2-17H,1H3;5-17H,1-4H3;2-4H,1H3. The summed E-state index contributed by atoms with van der Waals surface area (Å²) in [6, 6.07) is 67.5. The maximum Gasteiger partial charge on any atom is 0.495 e. The molecule has 1 saturated heterocycles. The second-order valence-electron chi connectivity index (χ2n) is 19.9. The topological polar surface area (TPSA) is 71.1 Å². The highest BCUT2D eigenvalue weighted by molar-refractivity contribution is 14.1. The predicted octanol–water partition coefficient (Wildman–Crippen LogP) is 18.0. The number of hydrogen-bond acceptors (Lipinski definition) is 6. The van der Waals surface area contributed by atoms with Gasteiger partial charge in [-0.05, 0) is 189 Å². The molecule has 76 heavy (non-hydrogen) atoms. The fraction of sp³-hybridized carbons (Fsp3) is 0.121. The Hall–Kier alpha value is -6.67. The molecule has 10 heteroatoms. The van der Waals surface area contributed by atoms with Crippen LogP contribution in [0, 0.1) is 3.57 Å². The lowest BCUT2D eigenvalue weighted by molar-refractivity contribution is 0.00578. The Bertz CT molecular complexity index is 4310. The van der Waals surface area contributed by atoms with E-state index >= 15 is 0 Å². The third kappa shape index (κ3) is 9.11. The molecule has 12 aromatic carbocycles. The van der Waals surface area contributed by atoms with Crippen molar-refractivity contribution in [2.45, 2.75) is 38.9 Å². The summed E-state index contributed by atoms with van der Waals surface area (Å²) in [7, 11) is 2.40. The number of halogens is 3. The molecule has 0 saturated carbocycles. The zero-order valence-corrected chi connectivity index (χ0v) is 48.0. The van der Waals surface area contributed by atoms with Gasteiger partial charge in [-0.1, -0.05) is 190 Å². The minimum atomic E-state index is -0.399. The van der Waals surface area contributed by atoms with Gasteiger partial charge in [-0.25, -0.2) is 9.59 Å². The number of ether oxygens (including phenoxy) is 2. The maximum atomic E-state index is 12.7. The van der Waals surface area contributed by atoms with Crippen LogP contribution < -0.4 is 5.46 Å². The lowest BCUT2D eigenvalue weighted by Crippen LogP contribution is -2.41. The van der Waals surface area contributed by atoms with Gasteiger partial charge in [0.15, 0.2) is 0 Å². The van der Waals surface area contributed by atoms with Gasteiger partial charge < -0.3 is 18.8 Å². The van der Waals surface area contributed by atoms with Gasteiger partial charge >= 0.3 is 19.1 Å². The molecular weight excluding hydrogens is 1190 g/mol.